The van der Waals surface area contributed by atoms with Crippen molar-refractivity contribution in [2.75, 3.05) is 6.61 Å². The van der Waals surface area contributed by atoms with Gasteiger partial charge in [0.25, 0.3) is 0 Å². The fraction of sp³-hybridized carbons (Fsp3) is 0.136. The second kappa shape index (κ2) is 6.27. The molecule has 0 atom stereocenters. The van der Waals surface area contributed by atoms with Crippen LogP contribution in [-0.2, 0) is 4.74 Å². The van der Waals surface area contributed by atoms with Gasteiger partial charge in [-0.3, -0.25) is 0 Å². The zero-order valence-electron chi connectivity index (χ0n) is 15.3. The van der Waals surface area contributed by atoms with Gasteiger partial charge < -0.3 is 9.72 Å². The highest BCUT2D eigenvalue weighted by Gasteiger charge is 2.23. The number of hydrogen-bond acceptors (Lipinski definition) is 4. The van der Waals surface area contributed by atoms with Crippen molar-refractivity contribution in [3.63, 3.8) is 0 Å². The lowest BCUT2D eigenvalue weighted by Crippen LogP contribution is -2.05. The van der Waals surface area contributed by atoms with Gasteiger partial charge in [-0.25, -0.2) is 14.8 Å². The van der Waals surface area contributed by atoms with E-state index in [1.807, 2.05) is 56.3 Å². The van der Waals surface area contributed by atoms with Crippen LogP contribution in [0.15, 0.2) is 46.9 Å². The highest BCUT2D eigenvalue weighted by molar-refractivity contribution is 9.10. The molecule has 0 radical (unpaired) electrons. The third-order valence-electron chi connectivity index (χ3n) is 4.98. The van der Waals surface area contributed by atoms with Crippen LogP contribution < -0.4 is 0 Å². The van der Waals surface area contributed by atoms with Crippen LogP contribution in [0.2, 0.25) is 0 Å². The number of H-pyrrole nitrogens is 1. The molecule has 0 bridgehead atoms. The third kappa shape index (κ3) is 2.41. The van der Waals surface area contributed by atoms with Gasteiger partial charge in [0.2, 0.25) is 0 Å². The van der Waals surface area contributed by atoms with Crippen LogP contribution in [0.3, 0.4) is 0 Å². The molecule has 0 fully saturated rings. The lowest BCUT2D eigenvalue weighted by atomic mass is 10.0. The van der Waals surface area contributed by atoms with Gasteiger partial charge in [0.05, 0.1) is 34.2 Å². The average molecular weight is 434 g/mol. The van der Waals surface area contributed by atoms with E-state index in [4.69, 9.17) is 14.7 Å². The van der Waals surface area contributed by atoms with Crippen molar-refractivity contribution < 1.29 is 9.53 Å². The Hall–Kier alpha value is -2.99. The fourth-order valence-corrected chi connectivity index (χ4v) is 4.18. The normalized spacial score (nSPS) is 11.7. The first-order valence-electron chi connectivity index (χ1n) is 9.05. The van der Waals surface area contributed by atoms with Gasteiger partial charge in [-0.15, -0.1) is 0 Å². The van der Waals surface area contributed by atoms with Crippen LogP contribution in [0.5, 0.6) is 0 Å². The summed E-state index contributed by atoms with van der Waals surface area (Å²) in [4.78, 5) is 25.9. The molecule has 1 N–H and O–H groups in total. The molecule has 0 aliphatic heterocycles. The summed E-state index contributed by atoms with van der Waals surface area (Å²) in [6, 6.07) is 13.8. The number of para-hydroxylation sites is 2. The van der Waals surface area contributed by atoms with E-state index in [2.05, 4.69) is 20.9 Å². The number of aromatic amines is 1. The first-order valence-corrected chi connectivity index (χ1v) is 9.85. The van der Waals surface area contributed by atoms with Gasteiger partial charge in [0, 0.05) is 20.9 Å². The first-order chi connectivity index (χ1) is 13.6. The Kier molecular flexibility index (Phi) is 3.84. The van der Waals surface area contributed by atoms with Crippen molar-refractivity contribution in [3.8, 4) is 0 Å². The molecule has 0 aliphatic rings. The smallest absolute Gasteiger partial charge is 0.340 e. The lowest BCUT2D eigenvalue weighted by molar-refractivity contribution is 0.0528. The summed E-state index contributed by atoms with van der Waals surface area (Å²) in [6.07, 6.45) is 0. The van der Waals surface area contributed by atoms with Gasteiger partial charge >= 0.3 is 5.97 Å². The Balaban J connectivity index is 2.06. The molecular weight excluding hydrogens is 418 g/mol. The maximum atomic E-state index is 12.7. The highest BCUT2D eigenvalue weighted by atomic mass is 79.9. The molecule has 0 unspecified atom stereocenters. The number of carbonyl (C=O) groups excluding carboxylic acids is 1. The molecule has 0 saturated heterocycles. The molecule has 28 heavy (non-hydrogen) atoms. The van der Waals surface area contributed by atoms with Crippen LogP contribution in [0, 0.1) is 6.92 Å². The largest absolute Gasteiger partial charge is 0.462 e. The summed E-state index contributed by atoms with van der Waals surface area (Å²) in [5.74, 6) is -0.333. The quantitative estimate of drug-likeness (QED) is 0.221. The molecule has 2 heterocycles. The van der Waals surface area contributed by atoms with E-state index in [1.54, 1.807) is 0 Å². The number of aromatic nitrogens is 3. The zero-order chi connectivity index (χ0) is 19.4. The number of nitrogens with one attached hydrogen (secondary N) is 1. The predicted molar refractivity (Wildman–Crippen MR) is 115 cm³/mol. The van der Waals surface area contributed by atoms with Crippen LogP contribution in [0.25, 0.3) is 43.7 Å². The van der Waals surface area contributed by atoms with Crippen LogP contribution >= 0.6 is 15.9 Å². The number of aryl methyl sites for hydroxylation is 1. The molecule has 0 saturated carbocycles. The van der Waals surface area contributed by atoms with Crippen molar-refractivity contribution in [3.05, 3.63) is 58.2 Å². The number of esters is 1. The van der Waals surface area contributed by atoms with Gasteiger partial charge in [-0.2, -0.15) is 0 Å². The Morgan fingerprint density at radius 1 is 1.07 bits per heavy atom. The van der Waals surface area contributed by atoms with E-state index >= 15 is 0 Å². The van der Waals surface area contributed by atoms with Crippen LogP contribution in [0.4, 0.5) is 0 Å². The standard InChI is InChI=1S/C22H16BrN3O2/c1-3-28-22(27)17-11(2)24-20-18(17)14-10-12(23)8-9-13(14)19-21(20)26-16-7-5-4-6-15(16)25-19/h4-10,24H,3H2,1-2H3. The molecule has 5 rings (SSSR count). The molecule has 3 aromatic carbocycles. The van der Waals surface area contributed by atoms with Gasteiger partial charge in [-0.1, -0.05) is 34.1 Å². The van der Waals surface area contributed by atoms with Crippen molar-refractivity contribution >= 4 is 65.6 Å². The van der Waals surface area contributed by atoms with Gasteiger partial charge in [0.1, 0.15) is 5.52 Å². The number of benzene rings is 3. The monoisotopic (exact) mass is 433 g/mol. The zero-order valence-corrected chi connectivity index (χ0v) is 16.9. The molecule has 0 amide bonds. The van der Waals surface area contributed by atoms with Crippen molar-refractivity contribution in [1.29, 1.82) is 0 Å². The topological polar surface area (TPSA) is 67.9 Å². The summed E-state index contributed by atoms with van der Waals surface area (Å²) < 4.78 is 6.26. The number of carbonyl (C=O) groups is 1. The summed E-state index contributed by atoms with van der Waals surface area (Å²) in [5, 5.41) is 2.71. The van der Waals surface area contributed by atoms with E-state index < -0.39 is 0 Å². The highest BCUT2D eigenvalue weighted by Crippen LogP contribution is 2.38. The number of halogens is 1. The van der Waals surface area contributed by atoms with E-state index in [0.717, 1.165) is 53.9 Å². The van der Waals surface area contributed by atoms with E-state index in [0.29, 0.717) is 12.2 Å². The van der Waals surface area contributed by atoms with Crippen LogP contribution in [0.1, 0.15) is 23.0 Å². The molecule has 0 aliphatic carbocycles. The molecule has 5 nitrogen and oxygen atoms in total. The Bertz CT molecular complexity index is 1420. The van der Waals surface area contributed by atoms with E-state index in [1.165, 1.54) is 0 Å². The molecule has 5 aromatic rings. The molecule has 6 heteroatoms. The van der Waals surface area contributed by atoms with Crippen molar-refractivity contribution in [2.24, 2.45) is 0 Å². The summed E-state index contributed by atoms with van der Waals surface area (Å²) >= 11 is 3.56. The van der Waals surface area contributed by atoms with Gasteiger partial charge in [0.15, 0.2) is 0 Å². The molecular formula is C22H16BrN3O2. The Labute approximate surface area is 168 Å². The number of ether oxygens (including phenoxy) is 1. The second-order valence-corrected chi connectivity index (χ2v) is 7.61. The number of nitrogens with zero attached hydrogens (tertiary/aromatic N) is 2. The first kappa shape index (κ1) is 17.1. The van der Waals surface area contributed by atoms with Crippen molar-refractivity contribution in [2.45, 2.75) is 13.8 Å². The van der Waals surface area contributed by atoms with E-state index in [-0.39, 0.29) is 5.97 Å². The molecule has 138 valence electrons. The van der Waals surface area contributed by atoms with Crippen LogP contribution in [-0.4, -0.2) is 27.5 Å². The Morgan fingerprint density at radius 2 is 1.79 bits per heavy atom. The van der Waals surface area contributed by atoms with Crippen molar-refractivity contribution in [1.82, 2.24) is 15.0 Å². The minimum atomic E-state index is -0.333. The minimum absolute atomic E-state index is 0.324. The van der Waals surface area contributed by atoms with E-state index in [9.17, 15) is 4.79 Å². The summed E-state index contributed by atoms with van der Waals surface area (Å²) in [6.45, 7) is 4.02. The maximum absolute atomic E-state index is 12.7. The second-order valence-electron chi connectivity index (χ2n) is 6.69. The third-order valence-corrected chi connectivity index (χ3v) is 5.47. The summed E-state index contributed by atoms with van der Waals surface area (Å²) in [7, 11) is 0. The lowest BCUT2D eigenvalue weighted by Gasteiger charge is -2.09. The number of hydrogen-bond donors (Lipinski definition) is 1. The maximum Gasteiger partial charge on any atom is 0.340 e. The fourth-order valence-electron chi connectivity index (χ4n) is 3.82. The van der Waals surface area contributed by atoms with Gasteiger partial charge in [-0.05, 0) is 43.5 Å². The molecule has 2 aromatic heterocycles. The average Bonchev–Trinajstić information content (AvgIpc) is 3.04. The SMILES string of the molecule is CCOC(=O)c1c(C)[nH]c2c3nc4ccccc4nc3c3ccc(Br)cc3c12. The minimum Gasteiger partial charge on any atom is -0.462 e. The molecule has 0 spiro atoms. The predicted octanol–water partition coefficient (Wildman–Crippen LogP) is 5.67. The number of rotatable bonds is 2. The summed E-state index contributed by atoms with van der Waals surface area (Å²) in [5.41, 5.74) is 5.34. The number of fused-ring (bicyclic) bond motifs is 7. The Morgan fingerprint density at radius 3 is 2.50 bits per heavy atom.